The zero-order chi connectivity index (χ0) is 40.1. The normalized spacial score (nSPS) is 15.0. The average Bonchev–Trinajstić information content (AvgIpc) is 3.75. The van der Waals surface area contributed by atoms with E-state index in [0.29, 0.717) is 28.2 Å². The Balaban J connectivity index is 0.000000214. The van der Waals surface area contributed by atoms with E-state index < -0.39 is 25.5 Å². The molecule has 247 valence electrons. The number of hydrogen-bond donors (Lipinski definition) is 0. The van der Waals surface area contributed by atoms with Crippen LogP contribution in [0.15, 0.2) is 106 Å². The number of pyridine rings is 2. The third kappa shape index (κ3) is 7.70. The SMILES string of the molecule is [2H]C([2H])([2H])c1cnc(-c2[c-]ccc3c2oc2ccccc23)cc1C([2H])([2H])C(C)(C)C.[2H]C([2H])([2H])c1oc(C(C)(C)C)cc1-c1ccnc(-c2[c-]cccc2)c1.[Ir]. The summed E-state index contributed by atoms with van der Waals surface area (Å²) in [5.74, 6) is 0.671. The Bertz CT molecular complexity index is 2470. The first-order chi connectivity index (χ1) is 25.6. The Labute approximate surface area is 309 Å². The molecular weight excluding hydrogens is 769 g/mol. The Morgan fingerprint density at radius 2 is 1.60 bits per heavy atom. The quantitative estimate of drug-likeness (QED) is 0.166. The second kappa shape index (κ2) is 14.0. The van der Waals surface area contributed by atoms with Gasteiger partial charge in [-0.15, -0.1) is 54.1 Å². The van der Waals surface area contributed by atoms with Crippen LogP contribution in [0.25, 0.3) is 55.6 Å². The molecule has 48 heavy (non-hydrogen) atoms. The maximum absolute atomic E-state index is 8.70. The van der Waals surface area contributed by atoms with Gasteiger partial charge in [0.25, 0.3) is 0 Å². The van der Waals surface area contributed by atoms with Crippen molar-refractivity contribution in [2.24, 2.45) is 5.41 Å². The molecule has 0 amide bonds. The molecule has 7 aromatic rings. The standard InChI is InChI=1S/C23H22NO.C20H20NO.Ir/c1-15-14-24-20(12-16(15)13-23(2,3)4)19-10-7-9-18-17-8-5-6-11-21(17)25-22(18)19;1-14-17(13-19(22-14)20(2,3)4)16-10-11-21-18(12-16)15-8-6-5-7-9-15;/h5-9,11-12,14H,13H2,1-4H3;5-8,10-13H,1-4H3;/q2*-1;/i1D3,13D2;1D3;. The molecule has 0 aliphatic rings. The van der Waals surface area contributed by atoms with Gasteiger partial charge in [0, 0.05) is 59.8 Å². The fourth-order valence-electron chi connectivity index (χ4n) is 5.25. The largest absolute Gasteiger partial charge is 0.501 e. The minimum Gasteiger partial charge on any atom is -0.501 e. The Morgan fingerprint density at radius 1 is 0.792 bits per heavy atom. The molecule has 4 heterocycles. The third-order valence-corrected chi connectivity index (χ3v) is 7.54. The maximum Gasteiger partial charge on any atom is 0.120 e. The van der Waals surface area contributed by atoms with Crippen molar-refractivity contribution in [2.75, 3.05) is 0 Å². The minimum absolute atomic E-state index is 0. The number of rotatable bonds is 4. The van der Waals surface area contributed by atoms with E-state index in [9.17, 15) is 0 Å². The van der Waals surface area contributed by atoms with E-state index in [4.69, 9.17) is 19.8 Å². The first-order valence-corrected chi connectivity index (χ1v) is 15.5. The second-order valence-corrected chi connectivity index (χ2v) is 13.5. The molecule has 0 saturated carbocycles. The molecule has 4 aromatic heterocycles. The topological polar surface area (TPSA) is 52.1 Å². The van der Waals surface area contributed by atoms with E-state index in [1.165, 1.54) is 12.3 Å². The summed E-state index contributed by atoms with van der Waals surface area (Å²) in [7, 11) is 0. The maximum atomic E-state index is 8.70. The van der Waals surface area contributed by atoms with Crippen molar-refractivity contribution in [3.05, 3.63) is 132 Å². The van der Waals surface area contributed by atoms with Gasteiger partial charge in [-0.1, -0.05) is 88.4 Å². The van der Waals surface area contributed by atoms with Gasteiger partial charge in [0.15, 0.2) is 0 Å². The van der Waals surface area contributed by atoms with Gasteiger partial charge in [0.05, 0.1) is 5.58 Å². The van der Waals surface area contributed by atoms with Crippen molar-refractivity contribution in [2.45, 2.75) is 67.0 Å². The number of nitrogens with zero attached hydrogens (tertiary/aromatic N) is 2. The molecular formula is C43H42IrN2O2-2. The molecule has 3 aromatic carbocycles. The minimum atomic E-state index is -2.48. The number of furan rings is 2. The second-order valence-electron chi connectivity index (χ2n) is 13.5. The summed E-state index contributed by atoms with van der Waals surface area (Å²) >= 11 is 0. The molecule has 7 rings (SSSR count). The third-order valence-electron chi connectivity index (χ3n) is 7.54. The van der Waals surface area contributed by atoms with E-state index in [-0.39, 0.29) is 42.4 Å². The summed E-state index contributed by atoms with van der Waals surface area (Å²) in [5, 5.41) is 1.87. The zero-order valence-corrected chi connectivity index (χ0v) is 30.2. The molecule has 0 spiro atoms. The predicted octanol–water partition coefficient (Wildman–Crippen LogP) is 11.8. The van der Waals surface area contributed by atoms with Crippen LogP contribution in [0.2, 0.25) is 0 Å². The Hall–Kier alpha value is -4.31. The van der Waals surface area contributed by atoms with Gasteiger partial charge in [-0.2, -0.15) is 0 Å². The van der Waals surface area contributed by atoms with Crippen molar-refractivity contribution in [1.82, 2.24) is 9.97 Å². The molecule has 0 fully saturated rings. The number of aromatic nitrogens is 2. The summed E-state index contributed by atoms with van der Waals surface area (Å²) < 4.78 is 76.3. The molecule has 0 aliphatic carbocycles. The van der Waals surface area contributed by atoms with Crippen LogP contribution >= 0.6 is 0 Å². The fourth-order valence-corrected chi connectivity index (χ4v) is 5.25. The summed E-state index contributed by atoms with van der Waals surface area (Å²) in [6.45, 7) is 6.45. The zero-order valence-electron chi connectivity index (χ0n) is 35.8. The van der Waals surface area contributed by atoms with Crippen LogP contribution in [0.5, 0.6) is 0 Å². The summed E-state index contributed by atoms with van der Waals surface area (Å²) in [4.78, 5) is 8.75. The molecule has 0 bridgehead atoms. The number of para-hydroxylation sites is 1. The van der Waals surface area contributed by atoms with Gasteiger partial charge >= 0.3 is 0 Å². The van der Waals surface area contributed by atoms with Crippen LogP contribution in [0, 0.1) is 31.3 Å². The van der Waals surface area contributed by atoms with Gasteiger partial charge in [0.1, 0.15) is 17.1 Å². The van der Waals surface area contributed by atoms with E-state index in [0.717, 1.165) is 33.2 Å². The van der Waals surface area contributed by atoms with Crippen LogP contribution in [-0.2, 0) is 31.9 Å². The number of aryl methyl sites for hydroxylation is 2. The summed E-state index contributed by atoms with van der Waals surface area (Å²) in [6, 6.07) is 32.3. The van der Waals surface area contributed by atoms with E-state index >= 15 is 0 Å². The van der Waals surface area contributed by atoms with Crippen molar-refractivity contribution in [1.29, 1.82) is 0 Å². The van der Waals surface area contributed by atoms with E-state index in [1.807, 2.05) is 87.5 Å². The number of hydrogen-bond acceptors (Lipinski definition) is 4. The van der Waals surface area contributed by atoms with Crippen LogP contribution in [-0.4, -0.2) is 9.97 Å². The van der Waals surface area contributed by atoms with Gasteiger partial charge in [-0.3, -0.25) is 0 Å². The number of fused-ring (bicyclic) bond motifs is 3. The average molecular weight is 819 g/mol. The summed E-state index contributed by atoms with van der Waals surface area (Å²) in [6.07, 6.45) is 1.05. The fraction of sp³-hybridized carbons (Fsp3) is 0.256. The number of benzene rings is 3. The molecule has 5 heteroatoms. The first kappa shape index (κ1) is 25.7. The van der Waals surface area contributed by atoms with Crippen molar-refractivity contribution in [3.63, 3.8) is 0 Å². The van der Waals surface area contributed by atoms with Crippen LogP contribution in [0.3, 0.4) is 0 Å². The van der Waals surface area contributed by atoms with Crippen molar-refractivity contribution < 1.29 is 39.9 Å². The predicted molar refractivity (Wildman–Crippen MR) is 193 cm³/mol. The molecule has 1 radical (unpaired) electrons. The molecule has 4 nitrogen and oxygen atoms in total. The van der Waals surface area contributed by atoms with Gasteiger partial charge in [-0.05, 0) is 66.2 Å². The smallest absolute Gasteiger partial charge is 0.120 e. The van der Waals surface area contributed by atoms with Crippen LogP contribution in [0.4, 0.5) is 0 Å². The first-order valence-electron chi connectivity index (χ1n) is 19.5. The molecule has 0 N–H and O–H groups in total. The van der Waals surface area contributed by atoms with Crippen molar-refractivity contribution in [3.8, 4) is 33.6 Å². The monoisotopic (exact) mass is 819 g/mol. The van der Waals surface area contributed by atoms with Crippen LogP contribution in [0.1, 0.15) is 75.2 Å². The van der Waals surface area contributed by atoms with Gasteiger partial charge in [0.2, 0.25) is 0 Å². The van der Waals surface area contributed by atoms with Gasteiger partial charge in [-0.25, -0.2) is 0 Å². The Morgan fingerprint density at radius 3 is 2.33 bits per heavy atom. The van der Waals surface area contributed by atoms with Gasteiger partial charge < -0.3 is 18.8 Å². The Kier molecular flexibility index (Phi) is 7.51. The molecule has 0 atom stereocenters. The molecule has 0 aliphatic heterocycles. The summed E-state index contributed by atoms with van der Waals surface area (Å²) in [5.41, 5.74) is 4.23. The van der Waals surface area contributed by atoms with E-state index in [2.05, 4.69) is 22.1 Å². The molecule has 0 saturated heterocycles. The van der Waals surface area contributed by atoms with Crippen molar-refractivity contribution >= 4 is 21.9 Å². The van der Waals surface area contributed by atoms with Crippen LogP contribution < -0.4 is 0 Å². The molecule has 0 unspecified atom stereocenters. The van der Waals surface area contributed by atoms with E-state index in [1.54, 1.807) is 39.1 Å².